The summed E-state index contributed by atoms with van der Waals surface area (Å²) >= 11 is 0. The van der Waals surface area contributed by atoms with Crippen LogP contribution in [0.1, 0.15) is 17.3 Å². The van der Waals surface area contributed by atoms with E-state index >= 15 is 0 Å². The highest BCUT2D eigenvalue weighted by Gasteiger charge is 2.29. The summed E-state index contributed by atoms with van der Waals surface area (Å²) in [5, 5.41) is 2.77. The summed E-state index contributed by atoms with van der Waals surface area (Å²) in [7, 11) is 1.63. The van der Waals surface area contributed by atoms with Crippen LogP contribution in [0.3, 0.4) is 0 Å². The van der Waals surface area contributed by atoms with Crippen molar-refractivity contribution in [2.75, 3.05) is 20.2 Å². The molecule has 0 saturated carbocycles. The van der Waals surface area contributed by atoms with E-state index in [9.17, 15) is 9.59 Å². The molecule has 1 N–H and O–H groups in total. The van der Waals surface area contributed by atoms with Gasteiger partial charge in [-0.15, -0.1) is 0 Å². The summed E-state index contributed by atoms with van der Waals surface area (Å²) in [6.45, 7) is 2.75. The van der Waals surface area contributed by atoms with Gasteiger partial charge in [0.1, 0.15) is 11.8 Å². The zero-order valence-corrected chi connectivity index (χ0v) is 13.8. The van der Waals surface area contributed by atoms with E-state index in [1.54, 1.807) is 25.0 Å². The molecule has 2 amide bonds. The first-order chi connectivity index (χ1) is 11.6. The predicted octanol–water partition coefficient (Wildman–Crippen LogP) is 2.32. The maximum Gasteiger partial charge on any atom is 0.254 e. The zero-order valence-electron chi connectivity index (χ0n) is 13.8. The third kappa shape index (κ3) is 2.97. The van der Waals surface area contributed by atoms with Crippen LogP contribution in [0.15, 0.2) is 48.5 Å². The van der Waals surface area contributed by atoms with Crippen molar-refractivity contribution in [3.63, 3.8) is 0 Å². The van der Waals surface area contributed by atoms with Gasteiger partial charge in [-0.05, 0) is 30.7 Å². The minimum Gasteiger partial charge on any atom is -0.496 e. The van der Waals surface area contributed by atoms with E-state index in [0.717, 1.165) is 16.9 Å². The number of para-hydroxylation sites is 1. The first kappa shape index (κ1) is 16.1. The Balaban J connectivity index is 1.93. The third-order valence-electron chi connectivity index (χ3n) is 4.29. The molecule has 5 nitrogen and oxygen atoms in total. The van der Waals surface area contributed by atoms with E-state index in [1.807, 2.05) is 42.5 Å². The van der Waals surface area contributed by atoms with Gasteiger partial charge >= 0.3 is 0 Å². The van der Waals surface area contributed by atoms with Crippen LogP contribution in [0.4, 0.5) is 0 Å². The van der Waals surface area contributed by atoms with Crippen molar-refractivity contribution in [2.45, 2.75) is 13.0 Å². The number of rotatable bonds is 3. The number of nitrogens with zero attached hydrogens (tertiary/aromatic N) is 1. The molecule has 0 radical (unpaired) electrons. The average molecular weight is 324 g/mol. The highest BCUT2D eigenvalue weighted by molar-refractivity contribution is 5.99. The molecule has 1 aliphatic heterocycles. The van der Waals surface area contributed by atoms with Gasteiger partial charge in [-0.3, -0.25) is 9.59 Å². The summed E-state index contributed by atoms with van der Waals surface area (Å²) in [6, 6.07) is 14.7. The van der Waals surface area contributed by atoms with E-state index in [1.165, 1.54) is 0 Å². The maximum atomic E-state index is 12.8. The molecule has 0 aromatic heterocycles. The smallest absolute Gasteiger partial charge is 0.254 e. The molecule has 1 atom stereocenters. The Morgan fingerprint density at radius 2 is 2.00 bits per heavy atom. The number of benzene rings is 2. The van der Waals surface area contributed by atoms with E-state index in [2.05, 4.69) is 5.32 Å². The van der Waals surface area contributed by atoms with Crippen LogP contribution in [-0.2, 0) is 4.79 Å². The number of amides is 2. The molecule has 24 heavy (non-hydrogen) atoms. The van der Waals surface area contributed by atoms with Crippen LogP contribution in [0.25, 0.3) is 11.1 Å². The number of piperazine rings is 1. The van der Waals surface area contributed by atoms with E-state index in [0.29, 0.717) is 18.7 Å². The van der Waals surface area contributed by atoms with Crippen LogP contribution in [0.2, 0.25) is 0 Å². The van der Waals surface area contributed by atoms with Gasteiger partial charge in [0, 0.05) is 24.2 Å². The number of hydrogen-bond acceptors (Lipinski definition) is 3. The zero-order chi connectivity index (χ0) is 17.1. The summed E-state index contributed by atoms with van der Waals surface area (Å²) in [5.74, 6) is 0.511. The lowest BCUT2D eigenvalue weighted by molar-refractivity contribution is -0.127. The SMILES string of the molecule is COc1ccccc1-c1cccc(C(=O)N2CCNC(=O)[C@@H]2C)c1. The fourth-order valence-corrected chi connectivity index (χ4v) is 2.93. The maximum absolute atomic E-state index is 12.8. The number of hydrogen-bond donors (Lipinski definition) is 1. The minimum atomic E-state index is -0.457. The number of methoxy groups -OCH3 is 1. The Bertz CT molecular complexity index is 773. The number of nitrogens with one attached hydrogen (secondary N) is 1. The molecular formula is C19H20N2O3. The molecule has 1 fully saturated rings. The quantitative estimate of drug-likeness (QED) is 0.943. The largest absolute Gasteiger partial charge is 0.496 e. The fourth-order valence-electron chi connectivity index (χ4n) is 2.93. The molecule has 0 spiro atoms. The number of carbonyl (C=O) groups is 2. The van der Waals surface area contributed by atoms with Crippen LogP contribution in [0, 0.1) is 0 Å². The molecule has 3 rings (SSSR count). The predicted molar refractivity (Wildman–Crippen MR) is 91.9 cm³/mol. The van der Waals surface area contributed by atoms with Crippen molar-refractivity contribution in [1.82, 2.24) is 10.2 Å². The van der Waals surface area contributed by atoms with Gasteiger partial charge in [0.25, 0.3) is 5.91 Å². The molecule has 0 bridgehead atoms. The molecule has 0 unspecified atom stereocenters. The molecule has 1 saturated heterocycles. The van der Waals surface area contributed by atoms with Gasteiger partial charge in [-0.25, -0.2) is 0 Å². The molecule has 5 heteroatoms. The van der Waals surface area contributed by atoms with Gasteiger partial charge in [0.05, 0.1) is 7.11 Å². The van der Waals surface area contributed by atoms with Crippen LogP contribution >= 0.6 is 0 Å². The molecular weight excluding hydrogens is 304 g/mol. The van der Waals surface area contributed by atoms with Crippen molar-refractivity contribution in [3.8, 4) is 16.9 Å². The van der Waals surface area contributed by atoms with Gasteiger partial charge in [-0.2, -0.15) is 0 Å². The molecule has 2 aromatic rings. The second kappa shape index (κ2) is 6.74. The summed E-state index contributed by atoms with van der Waals surface area (Å²) in [4.78, 5) is 26.2. The van der Waals surface area contributed by atoms with Crippen LogP contribution < -0.4 is 10.1 Å². The van der Waals surface area contributed by atoms with Crippen molar-refractivity contribution < 1.29 is 14.3 Å². The van der Waals surface area contributed by atoms with Crippen molar-refractivity contribution >= 4 is 11.8 Å². The first-order valence-corrected chi connectivity index (χ1v) is 7.94. The lowest BCUT2D eigenvalue weighted by atomic mass is 10.0. The third-order valence-corrected chi connectivity index (χ3v) is 4.29. The van der Waals surface area contributed by atoms with Crippen molar-refractivity contribution in [1.29, 1.82) is 0 Å². The van der Waals surface area contributed by atoms with Gasteiger partial charge in [0.15, 0.2) is 0 Å². The van der Waals surface area contributed by atoms with E-state index in [-0.39, 0.29) is 11.8 Å². The molecule has 2 aromatic carbocycles. The molecule has 0 aliphatic carbocycles. The Hall–Kier alpha value is -2.82. The van der Waals surface area contributed by atoms with Gasteiger partial charge in [-0.1, -0.05) is 30.3 Å². The second-order valence-corrected chi connectivity index (χ2v) is 5.75. The molecule has 1 aliphatic rings. The van der Waals surface area contributed by atoms with Gasteiger partial charge in [0.2, 0.25) is 5.91 Å². The lowest BCUT2D eigenvalue weighted by Gasteiger charge is -2.33. The standard InChI is InChI=1S/C19H20N2O3/c1-13-18(22)20-10-11-21(13)19(23)15-7-5-6-14(12-15)16-8-3-4-9-17(16)24-2/h3-9,12-13H,10-11H2,1-2H3,(H,20,22)/t13-/m0/s1. The minimum absolute atomic E-state index is 0.115. The normalized spacial score (nSPS) is 17.3. The second-order valence-electron chi connectivity index (χ2n) is 5.75. The Morgan fingerprint density at radius 1 is 1.21 bits per heavy atom. The van der Waals surface area contributed by atoms with Gasteiger partial charge < -0.3 is 15.0 Å². The summed E-state index contributed by atoms with van der Waals surface area (Å²) in [6.07, 6.45) is 0. The lowest BCUT2D eigenvalue weighted by Crippen LogP contribution is -2.55. The molecule has 124 valence electrons. The Labute approximate surface area is 141 Å². The summed E-state index contributed by atoms with van der Waals surface area (Å²) in [5.41, 5.74) is 2.41. The Kier molecular flexibility index (Phi) is 4.51. The van der Waals surface area contributed by atoms with E-state index < -0.39 is 6.04 Å². The van der Waals surface area contributed by atoms with Crippen molar-refractivity contribution in [2.24, 2.45) is 0 Å². The highest BCUT2D eigenvalue weighted by Crippen LogP contribution is 2.30. The van der Waals surface area contributed by atoms with Crippen molar-refractivity contribution in [3.05, 3.63) is 54.1 Å². The fraction of sp³-hybridized carbons (Fsp3) is 0.263. The monoisotopic (exact) mass is 324 g/mol. The number of carbonyl (C=O) groups excluding carboxylic acids is 2. The topological polar surface area (TPSA) is 58.6 Å². The van der Waals surface area contributed by atoms with E-state index in [4.69, 9.17) is 4.74 Å². The average Bonchev–Trinajstić information content (AvgIpc) is 2.63. The number of ether oxygens (including phenoxy) is 1. The van der Waals surface area contributed by atoms with Crippen LogP contribution in [0.5, 0.6) is 5.75 Å². The summed E-state index contributed by atoms with van der Waals surface area (Å²) < 4.78 is 5.40. The van der Waals surface area contributed by atoms with Crippen LogP contribution in [-0.4, -0.2) is 43.0 Å². The Morgan fingerprint density at radius 3 is 2.79 bits per heavy atom. The highest BCUT2D eigenvalue weighted by atomic mass is 16.5. The molecule has 1 heterocycles. The first-order valence-electron chi connectivity index (χ1n) is 7.94.